The molecule has 100 valence electrons. The maximum Gasteiger partial charge on any atom is 0.167 e. The summed E-state index contributed by atoms with van der Waals surface area (Å²) < 4.78 is 18.8. The second-order valence-corrected chi connectivity index (χ2v) is 4.55. The molecule has 2 rings (SSSR count). The molecule has 0 atom stereocenters. The maximum absolute atomic E-state index is 13.6. The molecule has 0 aliphatic carbocycles. The van der Waals surface area contributed by atoms with Crippen LogP contribution in [0.1, 0.15) is 19.8 Å². The molecule has 0 saturated carbocycles. The molecule has 1 fully saturated rings. The number of ether oxygens (including phenoxy) is 1. The predicted molar refractivity (Wildman–Crippen MR) is 71.7 cm³/mol. The molecule has 1 heterocycles. The van der Waals surface area contributed by atoms with Crippen molar-refractivity contribution >= 4 is 5.69 Å². The summed E-state index contributed by atoms with van der Waals surface area (Å²) in [5.41, 5.74) is 0.815. The lowest BCUT2D eigenvalue weighted by Gasteiger charge is -2.15. The van der Waals surface area contributed by atoms with Gasteiger partial charge in [-0.05, 0) is 45.0 Å². The van der Waals surface area contributed by atoms with Crippen LogP contribution in [-0.2, 0) is 0 Å². The van der Waals surface area contributed by atoms with Gasteiger partial charge in [-0.3, -0.25) is 0 Å². The van der Waals surface area contributed by atoms with Gasteiger partial charge >= 0.3 is 0 Å². The zero-order valence-electron chi connectivity index (χ0n) is 10.9. The fraction of sp³-hybridized carbons (Fsp3) is 0.571. The van der Waals surface area contributed by atoms with E-state index in [1.54, 1.807) is 6.07 Å². The second kappa shape index (κ2) is 6.59. The molecule has 1 saturated heterocycles. The number of nitrogens with one attached hydrogen (secondary N) is 1. The van der Waals surface area contributed by atoms with Crippen LogP contribution >= 0.6 is 0 Å². The van der Waals surface area contributed by atoms with Crippen molar-refractivity contribution in [1.29, 1.82) is 0 Å². The van der Waals surface area contributed by atoms with Gasteiger partial charge in [0.2, 0.25) is 0 Å². The highest BCUT2D eigenvalue weighted by Crippen LogP contribution is 2.21. The van der Waals surface area contributed by atoms with E-state index >= 15 is 0 Å². The normalized spacial score (nSPS) is 15.9. The van der Waals surface area contributed by atoms with Crippen molar-refractivity contribution in [1.82, 2.24) is 4.90 Å². The van der Waals surface area contributed by atoms with Gasteiger partial charge < -0.3 is 15.0 Å². The lowest BCUT2D eigenvalue weighted by atomic mass is 10.3. The average molecular weight is 252 g/mol. The molecule has 1 N–H and O–H groups in total. The van der Waals surface area contributed by atoms with Gasteiger partial charge in [-0.1, -0.05) is 0 Å². The van der Waals surface area contributed by atoms with Crippen molar-refractivity contribution in [2.24, 2.45) is 0 Å². The van der Waals surface area contributed by atoms with Crippen LogP contribution in [0.3, 0.4) is 0 Å². The first-order chi connectivity index (χ1) is 8.79. The van der Waals surface area contributed by atoms with E-state index < -0.39 is 0 Å². The Hall–Kier alpha value is -1.29. The maximum atomic E-state index is 13.6. The Morgan fingerprint density at radius 1 is 1.33 bits per heavy atom. The quantitative estimate of drug-likeness (QED) is 0.842. The number of halogens is 1. The Morgan fingerprint density at radius 2 is 2.11 bits per heavy atom. The Kier molecular flexibility index (Phi) is 4.81. The predicted octanol–water partition coefficient (Wildman–Crippen LogP) is 2.73. The summed E-state index contributed by atoms with van der Waals surface area (Å²) in [6, 6.07) is 5.03. The molecule has 1 aliphatic rings. The monoisotopic (exact) mass is 252 g/mol. The molecular weight excluding hydrogens is 231 g/mol. The van der Waals surface area contributed by atoms with E-state index in [9.17, 15) is 4.39 Å². The van der Waals surface area contributed by atoms with E-state index in [1.165, 1.54) is 32.0 Å². The molecule has 4 heteroatoms. The number of hydrogen-bond donors (Lipinski definition) is 1. The van der Waals surface area contributed by atoms with E-state index in [0.29, 0.717) is 12.4 Å². The van der Waals surface area contributed by atoms with Crippen molar-refractivity contribution < 1.29 is 9.13 Å². The molecule has 0 aromatic heterocycles. The number of nitrogens with zero attached hydrogens (tertiary/aromatic N) is 1. The third-order valence-electron chi connectivity index (χ3n) is 3.19. The molecule has 18 heavy (non-hydrogen) atoms. The van der Waals surface area contributed by atoms with Gasteiger partial charge in [-0.25, -0.2) is 4.39 Å². The fourth-order valence-electron chi connectivity index (χ4n) is 2.25. The zero-order chi connectivity index (χ0) is 12.8. The van der Waals surface area contributed by atoms with Gasteiger partial charge in [0, 0.05) is 24.8 Å². The molecule has 3 nitrogen and oxygen atoms in total. The van der Waals surface area contributed by atoms with Crippen LogP contribution in [0.15, 0.2) is 18.2 Å². The largest absolute Gasteiger partial charge is 0.491 e. The van der Waals surface area contributed by atoms with Crippen LogP contribution in [0.2, 0.25) is 0 Å². The lowest BCUT2D eigenvalue weighted by Crippen LogP contribution is -2.25. The first-order valence-corrected chi connectivity index (χ1v) is 6.68. The SMILES string of the molecule is CCOc1ccc(NCCN2CCCC2)cc1F. The highest BCUT2D eigenvalue weighted by Gasteiger charge is 2.10. The Balaban J connectivity index is 1.80. The standard InChI is InChI=1S/C14H21FN2O/c1-2-18-14-6-5-12(11-13(14)15)16-7-10-17-8-3-4-9-17/h5-6,11,16H,2-4,7-10H2,1H3. The Labute approximate surface area is 108 Å². The van der Waals surface area contributed by atoms with Gasteiger partial charge in [-0.15, -0.1) is 0 Å². The lowest BCUT2D eigenvalue weighted by molar-refractivity contribution is 0.321. The van der Waals surface area contributed by atoms with Gasteiger partial charge in [0.25, 0.3) is 0 Å². The van der Waals surface area contributed by atoms with Gasteiger partial charge in [0.05, 0.1) is 6.61 Å². The molecule has 0 amide bonds. The van der Waals surface area contributed by atoms with Gasteiger partial charge in [0.1, 0.15) is 0 Å². The molecule has 1 aliphatic heterocycles. The minimum absolute atomic E-state index is 0.303. The first kappa shape index (κ1) is 13.1. The van der Waals surface area contributed by atoms with E-state index in [4.69, 9.17) is 4.74 Å². The Morgan fingerprint density at radius 3 is 2.78 bits per heavy atom. The summed E-state index contributed by atoms with van der Waals surface area (Å²) in [5.74, 6) is 0.0191. The van der Waals surface area contributed by atoms with Crippen LogP contribution in [0.4, 0.5) is 10.1 Å². The smallest absolute Gasteiger partial charge is 0.167 e. The minimum Gasteiger partial charge on any atom is -0.491 e. The number of likely N-dealkylation sites (tertiary alicyclic amines) is 1. The number of anilines is 1. The van der Waals surface area contributed by atoms with E-state index in [0.717, 1.165) is 18.8 Å². The average Bonchev–Trinajstić information content (AvgIpc) is 2.86. The summed E-state index contributed by atoms with van der Waals surface area (Å²) in [5, 5.41) is 3.24. The molecule has 0 unspecified atom stereocenters. The zero-order valence-corrected chi connectivity index (χ0v) is 10.9. The molecule has 0 bridgehead atoms. The highest BCUT2D eigenvalue weighted by molar-refractivity contribution is 5.47. The molecule has 0 spiro atoms. The van der Waals surface area contributed by atoms with Crippen LogP contribution < -0.4 is 10.1 Å². The van der Waals surface area contributed by atoms with Gasteiger partial charge in [0.15, 0.2) is 11.6 Å². The molecule has 1 aromatic carbocycles. The summed E-state index contributed by atoms with van der Waals surface area (Å²) >= 11 is 0. The fourth-order valence-corrected chi connectivity index (χ4v) is 2.25. The van der Waals surface area contributed by atoms with Crippen molar-refractivity contribution in [2.45, 2.75) is 19.8 Å². The number of benzene rings is 1. The summed E-state index contributed by atoms with van der Waals surface area (Å²) in [4.78, 5) is 2.43. The Bertz CT molecular complexity index is 378. The van der Waals surface area contributed by atoms with Gasteiger partial charge in [-0.2, -0.15) is 0 Å². The first-order valence-electron chi connectivity index (χ1n) is 6.68. The summed E-state index contributed by atoms with van der Waals surface area (Å²) in [7, 11) is 0. The minimum atomic E-state index is -0.303. The molecule has 1 aromatic rings. The van der Waals surface area contributed by atoms with Crippen LogP contribution in [-0.4, -0.2) is 37.7 Å². The second-order valence-electron chi connectivity index (χ2n) is 4.55. The number of hydrogen-bond acceptors (Lipinski definition) is 3. The topological polar surface area (TPSA) is 24.5 Å². The van der Waals surface area contributed by atoms with E-state index in [1.807, 2.05) is 13.0 Å². The van der Waals surface area contributed by atoms with Crippen molar-refractivity contribution in [2.75, 3.05) is 38.1 Å². The molecular formula is C14H21FN2O. The highest BCUT2D eigenvalue weighted by atomic mass is 19.1. The molecule has 0 radical (unpaired) electrons. The van der Waals surface area contributed by atoms with Crippen molar-refractivity contribution in [3.05, 3.63) is 24.0 Å². The van der Waals surface area contributed by atoms with Crippen molar-refractivity contribution in [3.8, 4) is 5.75 Å². The summed E-state index contributed by atoms with van der Waals surface area (Å²) in [6.07, 6.45) is 2.61. The summed E-state index contributed by atoms with van der Waals surface area (Å²) in [6.45, 7) is 6.60. The van der Waals surface area contributed by atoms with Crippen molar-refractivity contribution in [3.63, 3.8) is 0 Å². The van der Waals surface area contributed by atoms with Crippen LogP contribution in [0, 0.1) is 5.82 Å². The van der Waals surface area contributed by atoms with Crippen LogP contribution in [0.25, 0.3) is 0 Å². The third-order valence-corrected chi connectivity index (χ3v) is 3.19. The van der Waals surface area contributed by atoms with Crippen LogP contribution in [0.5, 0.6) is 5.75 Å². The van der Waals surface area contributed by atoms with E-state index in [2.05, 4.69) is 10.2 Å². The number of rotatable bonds is 6. The third kappa shape index (κ3) is 3.60. The van der Waals surface area contributed by atoms with E-state index in [-0.39, 0.29) is 5.82 Å².